The van der Waals surface area contributed by atoms with Crippen LogP contribution in [0.15, 0.2) is 12.2 Å². The van der Waals surface area contributed by atoms with Crippen LogP contribution in [0.1, 0.15) is 33.6 Å². The predicted molar refractivity (Wildman–Crippen MR) is 52.6 cm³/mol. The van der Waals surface area contributed by atoms with Crippen LogP contribution in [-0.4, -0.2) is 17.4 Å². The Balaban J connectivity index is 0. The first-order chi connectivity index (χ1) is 6.13. The van der Waals surface area contributed by atoms with Crippen LogP contribution >= 0.6 is 0 Å². The summed E-state index contributed by atoms with van der Waals surface area (Å²) < 4.78 is 0. The minimum Gasteiger partial charge on any atom is -0.481 e. The molecule has 0 saturated carbocycles. The van der Waals surface area contributed by atoms with Crippen molar-refractivity contribution < 1.29 is 14.7 Å². The Hall–Kier alpha value is -1.12. The minimum atomic E-state index is -0.671. The monoisotopic (exact) mass is 186 g/mol. The van der Waals surface area contributed by atoms with Crippen LogP contribution in [0.2, 0.25) is 0 Å². The molecule has 13 heavy (non-hydrogen) atoms. The van der Waals surface area contributed by atoms with Crippen LogP contribution < -0.4 is 0 Å². The molecular formula is C10H18O3. The van der Waals surface area contributed by atoms with Gasteiger partial charge in [0.25, 0.3) is 0 Å². The first-order valence-corrected chi connectivity index (χ1v) is 4.43. The third-order valence-corrected chi connectivity index (χ3v) is 1.61. The average molecular weight is 186 g/mol. The lowest BCUT2D eigenvalue weighted by molar-refractivity contribution is -0.141. The lowest BCUT2D eigenvalue weighted by Gasteiger charge is -2.02. The highest BCUT2D eigenvalue weighted by atomic mass is 16.4. The molecule has 0 aromatic carbocycles. The number of hydrogen-bond donors (Lipinski definition) is 1. The first-order valence-electron chi connectivity index (χ1n) is 4.43. The van der Waals surface area contributed by atoms with Gasteiger partial charge in [0, 0.05) is 0 Å². The standard InChI is InChI=1S/C6H12O2.C4H6O/c1-3-5(4-2)6(7)8;1-2-3-4-5/h5H,3-4H2,1-2H3,(H,7,8);2-4H,1H3/b;3-2+. The van der Waals surface area contributed by atoms with Crippen LogP contribution in [-0.2, 0) is 9.59 Å². The molecule has 0 fully saturated rings. The molecule has 1 N–H and O–H groups in total. The molecule has 3 heteroatoms. The summed E-state index contributed by atoms with van der Waals surface area (Å²) in [7, 11) is 0. The summed E-state index contributed by atoms with van der Waals surface area (Å²) in [6.45, 7) is 5.58. The Bertz CT molecular complexity index is 158. The van der Waals surface area contributed by atoms with Gasteiger partial charge in [-0.15, -0.1) is 0 Å². The fourth-order valence-electron chi connectivity index (χ4n) is 0.716. The van der Waals surface area contributed by atoms with Crippen LogP contribution in [0, 0.1) is 5.92 Å². The molecule has 0 heterocycles. The number of rotatable bonds is 4. The van der Waals surface area contributed by atoms with E-state index in [4.69, 9.17) is 5.11 Å². The zero-order chi connectivity index (χ0) is 10.7. The molecule has 0 aromatic heterocycles. The summed E-state index contributed by atoms with van der Waals surface area (Å²) in [5.41, 5.74) is 0. The van der Waals surface area contributed by atoms with Gasteiger partial charge in [0.2, 0.25) is 0 Å². The molecule has 0 radical (unpaired) electrons. The summed E-state index contributed by atoms with van der Waals surface area (Å²) in [4.78, 5) is 19.5. The van der Waals surface area contributed by atoms with Gasteiger partial charge in [-0.05, 0) is 25.8 Å². The van der Waals surface area contributed by atoms with Crippen LogP contribution in [0.25, 0.3) is 0 Å². The van der Waals surface area contributed by atoms with Crippen molar-refractivity contribution in [3.05, 3.63) is 12.2 Å². The van der Waals surface area contributed by atoms with Gasteiger partial charge in [0.05, 0.1) is 5.92 Å². The van der Waals surface area contributed by atoms with E-state index in [-0.39, 0.29) is 5.92 Å². The molecule has 0 unspecified atom stereocenters. The van der Waals surface area contributed by atoms with Gasteiger partial charge in [-0.25, -0.2) is 0 Å². The maximum absolute atomic E-state index is 10.2. The molecule has 0 bridgehead atoms. The summed E-state index contributed by atoms with van der Waals surface area (Å²) in [6, 6.07) is 0. The summed E-state index contributed by atoms with van der Waals surface area (Å²) in [5, 5.41) is 8.37. The van der Waals surface area contributed by atoms with Crippen molar-refractivity contribution in [3.8, 4) is 0 Å². The van der Waals surface area contributed by atoms with Gasteiger partial charge in [-0.3, -0.25) is 9.59 Å². The van der Waals surface area contributed by atoms with Gasteiger partial charge in [-0.2, -0.15) is 0 Å². The highest BCUT2D eigenvalue weighted by molar-refractivity contribution is 5.69. The third-order valence-electron chi connectivity index (χ3n) is 1.61. The minimum absolute atomic E-state index is 0.130. The van der Waals surface area contributed by atoms with Crippen LogP contribution in [0.4, 0.5) is 0 Å². The lowest BCUT2D eigenvalue weighted by Crippen LogP contribution is -2.10. The van der Waals surface area contributed by atoms with E-state index in [1.807, 2.05) is 13.8 Å². The van der Waals surface area contributed by atoms with E-state index in [0.29, 0.717) is 0 Å². The Morgan fingerprint density at radius 2 is 1.85 bits per heavy atom. The fraction of sp³-hybridized carbons (Fsp3) is 0.600. The number of carbonyl (C=O) groups is 2. The molecule has 0 aliphatic carbocycles. The number of allylic oxidation sites excluding steroid dienone is 2. The molecule has 0 aliphatic heterocycles. The van der Waals surface area contributed by atoms with Gasteiger partial charge in [0.15, 0.2) is 0 Å². The van der Waals surface area contributed by atoms with Gasteiger partial charge < -0.3 is 5.11 Å². The number of carboxylic acids is 1. The molecule has 76 valence electrons. The van der Waals surface area contributed by atoms with Crippen LogP contribution in [0.5, 0.6) is 0 Å². The molecule has 0 aliphatic rings. The van der Waals surface area contributed by atoms with E-state index in [1.54, 1.807) is 13.0 Å². The second-order valence-electron chi connectivity index (χ2n) is 2.51. The number of carboxylic acid groups (broad SMARTS) is 1. The Labute approximate surface area is 79.5 Å². The number of hydrogen-bond acceptors (Lipinski definition) is 2. The predicted octanol–water partition coefficient (Wildman–Crippen LogP) is 2.27. The summed E-state index contributed by atoms with van der Waals surface area (Å²) in [5.74, 6) is -0.801. The molecule has 3 nitrogen and oxygen atoms in total. The number of aliphatic carboxylic acids is 1. The summed E-state index contributed by atoms with van der Waals surface area (Å²) >= 11 is 0. The van der Waals surface area contributed by atoms with E-state index in [9.17, 15) is 9.59 Å². The molecule has 0 rings (SSSR count). The Morgan fingerprint density at radius 3 is 1.85 bits per heavy atom. The third kappa shape index (κ3) is 10.9. The topological polar surface area (TPSA) is 54.4 Å². The summed E-state index contributed by atoms with van der Waals surface area (Å²) in [6.07, 6.45) is 5.37. The lowest BCUT2D eigenvalue weighted by atomic mass is 10.1. The normalized spacial score (nSPS) is 9.54. The Morgan fingerprint density at radius 1 is 1.38 bits per heavy atom. The molecule has 0 spiro atoms. The molecule has 0 amide bonds. The maximum Gasteiger partial charge on any atom is 0.306 e. The zero-order valence-corrected chi connectivity index (χ0v) is 8.49. The van der Waals surface area contributed by atoms with Crippen molar-refractivity contribution in [1.82, 2.24) is 0 Å². The van der Waals surface area contributed by atoms with Crippen molar-refractivity contribution in [2.45, 2.75) is 33.6 Å². The van der Waals surface area contributed by atoms with Gasteiger partial charge in [0.1, 0.15) is 6.29 Å². The number of carbonyl (C=O) groups excluding carboxylic acids is 1. The Kier molecular flexibility index (Phi) is 12.1. The second kappa shape index (κ2) is 10.9. The largest absolute Gasteiger partial charge is 0.481 e. The van der Waals surface area contributed by atoms with Crippen molar-refractivity contribution in [3.63, 3.8) is 0 Å². The van der Waals surface area contributed by atoms with Crippen molar-refractivity contribution in [2.75, 3.05) is 0 Å². The van der Waals surface area contributed by atoms with Crippen LogP contribution in [0.3, 0.4) is 0 Å². The van der Waals surface area contributed by atoms with Gasteiger partial charge in [-0.1, -0.05) is 19.9 Å². The molecule has 0 aromatic rings. The number of aldehydes is 1. The maximum atomic E-state index is 10.2. The molecular weight excluding hydrogens is 168 g/mol. The van der Waals surface area contributed by atoms with Crippen molar-refractivity contribution in [2.24, 2.45) is 5.92 Å². The second-order valence-corrected chi connectivity index (χ2v) is 2.51. The van der Waals surface area contributed by atoms with Crippen molar-refractivity contribution >= 4 is 12.3 Å². The van der Waals surface area contributed by atoms with E-state index in [1.165, 1.54) is 6.08 Å². The van der Waals surface area contributed by atoms with E-state index in [2.05, 4.69) is 0 Å². The highest BCUT2D eigenvalue weighted by Gasteiger charge is 2.10. The SMILES string of the molecule is C/C=C/C=O.CCC(CC)C(=O)O. The first kappa shape index (κ1) is 14.4. The highest BCUT2D eigenvalue weighted by Crippen LogP contribution is 2.05. The average Bonchev–Trinajstić information content (AvgIpc) is 2.08. The fourth-order valence-corrected chi connectivity index (χ4v) is 0.716. The van der Waals surface area contributed by atoms with Gasteiger partial charge >= 0.3 is 5.97 Å². The molecule has 0 saturated heterocycles. The van der Waals surface area contributed by atoms with Crippen molar-refractivity contribution in [1.29, 1.82) is 0 Å². The molecule has 0 atom stereocenters. The quantitative estimate of drug-likeness (QED) is 0.541. The van der Waals surface area contributed by atoms with E-state index >= 15 is 0 Å². The zero-order valence-electron chi connectivity index (χ0n) is 8.49. The van der Waals surface area contributed by atoms with E-state index in [0.717, 1.165) is 19.1 Å². The smallest absolute Gasteiger partial charge is 0.306 e. The van der Waals surface area contributed by atoms with E-state index < -0.39 is 5.97 Å².